The fourth-order valence-electron chi connectivity index (χ4n) is 3.66. The summed E-state index contributed by atoms with van der Waals surface area (Å²) in [5.74, 6) is 1.12. The number of alkyl halides is 1. The van der Waals surface area contributed by atoms with Gasteiger partial charge in [0, 0.05) is 62.8 Å². The molecule has 0 saturated carbocycles. The molecule has 2 aliphatic heterocycles. The highest BCUT2D eigenvalue weighted by atomic mass is 19.1. The largest absolute Gasteiger partial charge is 0.497 e. The number of hydrogen-bond donors (Lipinski definition) is 1. The predicted octanol–water partition coefficient (Wildman–Crippen LogP) is 3.02. The first-order valence-corrected chi connectivity index (χ1v) is 9.88. The molecule has 0 aromatic carbocycles. The van der Waals surface area contributed by atoms with Crippen molar-refractivity contribution in [3.63, 3.8) is 0 Å². The Morgan fingerprint density at radius 3 is 2.93 bits per heavy atom. The number of nitrogens with zero attached hydrogens (tertiary/aromatic N) is 3. The number of nitrogens with one attached hydrogen (secondary N) is 1. The van der Waals surface area contributed by atoms with Gasteiger partial charge in [0.1, 0.15) is 12.4 Å². The summed E-state index contributed by atoms with van der Waals surface area (Å²) in [4.78, 5) is 20.6. The number of rotatable bonds is 5. The summed E-state index contributed by atoms with van der Waals surface area (Å²) >= 11 is 0. The number of piperazine rings is 1. The van der Waals surface area contributed by atoms with Crippen LogP contribution in [0.15, 0.2) is 52.5 Å². The van der Waals surface area contributed by atoms with Crippen molar-refractivity contribution in [2.24, 2.45) is 10.9 Å². The molecule has 3 aliphatic rings. The van der Waals surface area contributed by atoms with Crippen molar-refractivity contribution < 1.29 is 13.9 Å². The minimum absolute atomic E-state index is 0.0383. The lowest BCUT2D eigenvalue weighted by molar-refractivity contribution is 0.157. The smallest absolute Gasteiger partial charge is 0.317 e. The van der Waals surface area contributed by atoms with Gasteiger partial charge in [0.25, 0.3) is 0 Å². The highest BCUT2D eigenvalue weighted by Gasteiger charge is 2.24. The van der Waals surface area contributed by atoms with E-state index in [1.807, 2.05) is 17.1 Å². The predicted molar refractivity (Wildman–Crippen MR) is 109 cm³/mol. The number of allylic oxidation sites excluding steroid dienone is 4. The number of urea groups is 1. The van der Waals surface area contributed by atoms with E-state index in [1.54, 1.807) is 19.5 Å². The maximum absolute atomic E-state index is 13.3. The zero-order valence-electron chi connectivity index (χ0n) is 16.4. The fourth-order valence-corrected chi connectivity index (χ4v) is 3.66. The van der Waals surface area contributed by atoms with Crippen molar-refractivity contribution in [3.8, 4) is 0 Å². The molecule has 6 nitrogen and oxygen atoms in total. The van der Waals surface area contributed by atoms with Gasteiger partial charge in [-0.15, -0.1) is 0 Å². The summed E-state index contributed by atoms with van der Waals surface area (Å²) in [5, 5.41) is 3.05. The Morgan fingerprint density at radius 1 is 1.36 bits per heavy atom. The third-order valence-electron chi connectivity index (χ3n) is 5.27. The Hall–Kier alpha value is -2.57. The summed E-state index contributed by atoms with van der Waals surface area (Å²) < 4.78 is 18.6. The molecule has 0 aromatic rings. The van der Waals surface area contributed by atoms with E-state index in [4.69, 9.17) is 4.74 Å². The molecule has 2 amide bonds. The van der Waals surface area contributed by atoms with Gasteiger partial charge in [-0.05, 0) is 30.9 Å². The number of halogens is 1. The van der Waals surface area contributed by atoms with E-state index in [0.717, 1.165) is 24.3 Å². The van der Waals surface area contributed by atoms with Gasteiger partial charge in [-0.2, -0.15) is 0 Å². The Morgan fingerprint density at radius 2 is 2.18 bits per heavy atom. The fraction of sp³-hybridized carbons (Fsp3) is 0.524. The lowest BCUT2D eigenvalue weighted by Crippen LogP contribution is -2.52. The summed E-state index contributed by atoms with van der Waals surface area (Å²) in [5.41, 5.74) is 1.51. The van der Waals surface area contributed by atoms with E-state index in [-0.39, 0.29) is 11.9 Å². The van der Waals surface area contributed by atoms with Gasteiger partial charge >= 0.3 is 6.03 Å². The number of carbonyl (C=O) groups excluding carboxylic acids is 1. The van der Waals surface area contributed by atoms with E-state index in [9.17, 15) is 9.18 Å². The Bertz CT molecular complexity index is 703. The van der Waals surface area contributed by atoms with Gasteiger partial charge in [-0.25, -0.2) is 9.18 Å². The van der Waals surface area contributed by atoms with Crippen LogP contribution in [0, 0.1) is 5.92 Å². The topological polar surface area (TPSA) is 57.2 Å². The highest BCUT2D eigenvalue weighted by molar-refractivity contribution is 5.74. The Balaban J connectivity index is 1.48. The number of amides is 2. The molecule has 1 N–H and O–H groups in total. The molecule has 1 saturated heterocycles. The second-order valence-corrected chi connectivity index (χ2v) is 7.12. The van der Waals surface area contributed by atoms with Crippen LogP contribution in [0.4, 0.5) is 9.18 Å². The first-order valence-electron chi connectivity index (χ1n) is 9.88. The quantitative estimate of drug-likeness (QED) is 0.788. The molecule has 0 radical (unpaired) electrons. The van der Waals surface area contributed by atoms with E-state index >= 15 is 0 Å². The lowest BCUT2D eigenvalue weighted by atomic mass is 10.0. The number of methoxy groups -OCH3 is 1. The van der Waals surface area contributed by atoms with Crippen LogP contribution in [-0.2, 0) is 4.74 Å². The van der Waals surface area contributed by atoms with Crippen molar-refractivity contribution in [2.45, 2.75) is 19.3 Å². The van der Waals surface area contributed by atoms with Crippen LogP contribution in [0.2, 0.25) is 0 Å². The molecule has 1 aliphatic carbocycles. The maximum Gasteiger partial charge on any atom is 0.317 e. The number of aliphatic imine (C=N–C) groups is 1. The normalized spacial score (nSPS) is 22.6. The molecule has 0 spiro atoms. The van der Waals surface area contributed by atoms with Gasteiger partial charge in [0.15, 0.2) is 0 Å². The van der Waals surface area contributed by atoms with Crippen molar-refractivity contribution in [3.05, 3.63) is 47.5 Å². The van der Waals surface area contributed by atoms with Crippen molar-refractivity contribution in [1.29, 1.82) is 0 Å². The van der Waals surface area contributed by atoms with Crippen LogP contribution in [0.3, 0.4) is 0 Å². The molecule has 0 bridgehead atoms. The van der Waals surface area contributed by atoms with Crippen LogP contribution >= 0.6 is 0 Å². The molecule has 28 heavy (non-hydrogen) atoms. The molecule has 3 rings (SSSR count). The third-order valence-corrected chi connectivity index (χ3v) is 5.27. The number of ether oxygens (including phenoxy) is 1. The minimum atomic E-state index is -0.531. The van der Waals surface area contributed by atoms with Gasteiger partial charge in [-0.3, -0.25) is 4.99 Å². The second kappa shape index (κ2) is 10.1. The summed E-state index contributed by atoms with van der Waals surface area (Å²) in [6.07, 6.45) is 14.2. The molecule has 1 unspecified atom stereocenters. The summed E-state index contributed by atoms with van der Waals surface area (Å²) in [6, 6.07) is -0.0383. The molecular formula is C21H29FN4O2. The second-order valence-electron chi connectivity index (χ2n) is 7.12. The lowest BCUT2D eigenvalue weighted by Gasteiger charge is -2.37. The first-order chi connectivity index (χ1) is 13.7. The molecule has 0 aromatic heterocycles. The zero-order valence-corrected chi connectivity index (χ0v) is 16.4. The van der Waals surface area contributed by atoms with Gasteiger partial charge in [0.2, 0.25) is 0 Å². The van der Waals surface area contributed by atoms with Crippen LogP contribution in [0.25, 0.3) is 0 Å². The molecule has 2 heterocycles. The minimum Gasteiger partial charge on any atom is -0.497 e. The number of hydrogen-bond acceptors (Lipinski definition) is 4. The average Bonchev–Trinajstić information content (AvgIpc) is 3.12. The van der Waals surface area contributed by atoms with Crippen LogP contribution < -0.4 is 5.32 Å². The monoisotopic (exact) mass is 388 g/mol. The van der Waals surface area contributed by atoms with Gasteiger partial charge in [0.05, 0.1) is 7.11 Å². The number of carbonyl (C=O) groups is 1. The van der Waals surface area contributed by atoms with Crippen molar-refractivity contribution >= 4 is 12.2 Å². The Kier molecular flexibility index (Phi) is 7.28. The van der Waals surface area contributed by atoms with E-state index in [1.165, 1.54) is 0 Å². The van der Waals surface area contributed by atoms with Crippen molar-refractivity contribution in [1.82, 2.24) is 15.1 Å². The van der Waals surface area contributed by atoms with Crippen molar-refractivity contribution in [2.75, 3.05) is 46.5 Å². The Labute approximate surface area is 166 Å². The van der Waals surface area contributed by atoms with E-state index in [0.29, 0.717) is 44.7 Å². The van der Waals surface area contributed by atoms with Crippen LogP contribution in [0.1, 0.15) is 19.3 Å². The molecular weight excluding hydrogens is 359 g/mol. The summed E-state index contributed by atoms with van der Waals surface area (Å²) in [6.45, 7) is 2.70. The molecule has 1 fully saturated rings. The molecule has 7 heteroatoms. The van der Waals surface area contributed by atoms with Gasteiger partial charge < -0.3 is 19.9 Å². The van der Waals surface area contributed by atoms with Crippen LogP contribution in [-0.4, -0.2) is 68.6 Å². The maximum atomic E-state index is 13.3. The van der Waals surface area contributed by atoms with Gasteiger partial charge in [-0.1, -0.05) is 12.2 Å². The summed E-state index contributed by atoms with van der Waals surface area (Å²) in [7, 11) is 1.66. The SMILES string of the molecule is COC1=CC(CNC(=O)N2CCN(C3=CCC=NC=C3CF)CC2)CCC=C1. The van der Waals surface area contributed by atoms with E-state index < -0.39 is 6.67 Å². The standard InChI is InChI=1S/C21H29FN4O2/c1-28-19-6-3-2-5-17(13-19)15-24-21(27)26-11-9-25(10-12-26)20-7-4-8-23-16-18(20)14-22/h3,6-8,13,16-17H,2,4-5,9-12,14-15H2,1H3,(H,24,27). The van der Waals surface area contributed by atoms with E-state index in [2.05, 4.69) is 27.4 Å². The zero-order chi connectivity index (χ0) is 19.8. The molecule has 152 valence electrons. The molecule has 1 atom stereocenters. The third kappa shape index (κ3) is 5.24. The highest BCUT2D eigenvalue weighted by Crippen LogP contribution is 2.21. The average molecular weight is 388 g/mol. The van der Waals surface area contributed by atoms with Crippen LogP contribution in [0.5, 0.6) is 0 Å². The first kappa shape index (κ1) is 20.2.